The molecule has 1 unspecified atom stereocenters. The standard InChI is InChI=1S/C27H32ClN7O2S/c1-3-17-12-20(13-18-15-31-26(34-25(17)18)33-22-7-5-21(29)6-8-22)27(32-11-10-16(2)35-27)19-4-9-23(28)24(14-19)38(30,36)37/h4,9-15,21-22,32H,3,5-8,29H2,1-2H3,(H2,30,36,37)(H,31,33,34). The maximum Gasteiger partial charge on any atom is 0.239 e. The van der Waals surface area contributed by atoms with E-state index in [2.05, 4.69) is 28.6 Å². The fourth-order valence-electron chi connectivity index (χ4n) is 5.24. The molecule has 1 saturated carbocycles. The molecule has 0 radical (unpaired) electrons. The summed E-state index contributed by atoms with van der Waals surface area (Å²) in [5, 5.41) is 13.2. The fourth-order valence-corrected chi connectivity index (χ4v) is 6.31. The van der Waals surface area contributed by atoms with E-state index in [1.54, 1.807) is 6.07 Å². The Kier molecular flexibility index (Phi) is 7.17. The number of nitrogens with zero attached hydrogens (tertiary/aromatic N) is 3. The molecule has 1 aromatic heterocycles. The molecule has 6 N–H and O–H groups in total. The number of allylic oxidation sites excluding steroid dienone is 1. The normalized spacial score (nSPS) is 23.7. The van der Waals surface area contributed by atoms with Gasteiger partial charge in [-0.3, -0.25) is 4.99 Å². The van der Waals surface area contributed by atoms with E-state index in [-0.39, 0.29) is 16.0 Å². The van der Waals surface area contributed by atoms with E-state index in [4.69, 9.17) is 32.4 Å². The van der Waals surface area contributed by atoms with Crippen LogP contribution >= 0.6 is 11.6 Å². The predicted molar refractivity (Wildman–Crippen MR) is 152 cm³/mol. The number of primary sulfonamides is 1. The number of aromatic nitrogens is 2. The van der Waals surface area contributed by atoms with Gasteiger partial charge < -0.3 is 16.4 Å². The molecule has 5 rings (SSSR count). The summed E-state index contributed by atoms with van der Waals surface area (Å²) in [4.78, 5) is 14.3. The smallest absolute Gasteiger partial charge is 0.239 e. The Morgan fingerprint density at radius 2 is 1.92 bits per heavy atom. The van der Waals surface area contributed by atoms with Crippen LogP contribution in [0.4, 0.5) is 5.95 Å². The lowest BCUT2D eigenvalue weighted by Gasteiger charge is -2.35. The Balaban J connectivity index is 1.61. The predicted octanol–water partition coefficient (Wildman–Crippen LogP) is 3.95. The van der Waals surface area contributed by atoms with Crippen LogP contribution in [-0.2, 0) is 22.1 Å². The highest BCUT2D eigenvalue weighted by molar-refractivity contribution is 7.89. The molecule has 2 aliphatic rings. The van der Waals surface area contributed by atoms with Gasteiger partial charge in [0, 0.05) is 46.7 Å². The highest BCUT2D eigenvalue weighted by Gasteiger charge is 2.36. The van der Waals surface area contributed by atoms with Crippen LogP contribution in [0.1, 0.15) is 56.2 Å². The molecule has 1 atom stereocenters. The minimum Gasteiger partial charge on any atom is -0.360 e. The molecule has 2 aromatic carbocycles. The Morgan fingerprint density at radius 1 is 1.16 bits per heavy atom. The van der Waals surface area contributed by atoms with Gasteiger partial charge in [-0.2, -0.15) is 0 Å². The number of anilines is 1. The number of nitrogens with one attached hydrogen (secondary N) is 2. The van der Waals surface area contributed by atoms with Crippen LogP contribution in [0.25, 0.3) is 10.9 Å². The van der Waals surface area contributed by atoms with Crippen molar-refractivity contribution in [3.8, 4) is 0 Å². The maximum atomic E-state index is 12.3. The van der Waals surface area contributed by atoms with Gasteiger partial charge in [-0.05, 0) is 74.9 Å². The van der Waals surface area contributed by atoms with E-state index in [0.717, 1.165) is 59.8 Å². The van der Waals surface area contributed by atoms with Gasteiger partial charge in [-0.25, -0.2) is 23.5 Å². The van der Waals surface area contributed by atoms with Gasteiger partial charge in [0.15, 0.2) is 5.66 Å². The van der Waals surface area contributed by atoms with Gasteiger partial charge in [0.25, 0.3) is 0 Å². The Labute approximate surface area is 227 Å². The summed E-state index contributed by atoms with van der Waals surface area (Å²) in [5.74, 6) is 0.609. The first-order valence-electron chi connectivity index (χ1n) is 12.7. The fraction of sp³-hybridized carbons (Fsp3) is 0.370. The lowest BCUT2D eigenvalue weighted by atomic mass is 9.88. The van der Waals surface area contributed by atoms with Crippen molar-refractivity contribution in [2.24, 2.45) is 15.9 Å². The first kappa shape index (κ1) is 26.6. The van der Waals surface area contributed by atoms with Crippen LogP contribution < -0.4 is 21.5 Å². The minimum atomic E-state index is -4.04. The van der Waals surface area contributed by atoms with E-state index in [9.17, 15) is 8.42 Å². The summed E-state index contributed by atoms with van der Waals surface area (Å²) >= 11 is 6.20. The monoisotopic (exact) mass is 553 g/mol. The van der Waals surface area contributed by atoms with Crippen molar-refractivity contribution < 1.29 is 8.42 Å². The zero-order valence-corrected chi connectivity index (χ0v) is 23.0. The molecule has 2 heterocycles. The first-order valence-corrected chi connectivity index (χ1v) is 14.7. The molecule has 0 spiro atoms. The number of sulfonamides is 1. The first-order chi connectivity index (χ1) is 18.1. The highest BCUT2D eigenvalue weighted by Crippen LogP contribution is 2.38. The van der Waals surface area contributed by atoms with E-state index < -0.39 is 15.7 Å². The van der Waals surface area contributed by atoms with Gasteiger partial charge >= 0.3 is 0 Å². The molecule has 0 bridgehead atoms. The number of nitrogens with two attached hydrogens (primary N) is 2. The molecule has 1 aliphatic carbocycles. The van der Waals surface area contributed by atoms with Gasteiger partial charge in [-0.15, -0.1) is 0 Å². The molecule has 9 nitrogen and oxygen atoms in total. The van der Waals surface area contributed by atoms with Crippen molar-refractivity contribution in [1.82, 2.24) is 15.3 Å². The molecule has 0 saturated heterocycles. The van der Waals surface area contributed by atoms with Crippen molar-refractivity contribution >= 4 is 44.2 Å². The van der Waals surface area contributed by atoms with E-state index >= 15 is 0 Å². The van der Waals surface area contributed by atoms with Crippen molar-refractivity contribution in [3.05, 3.63) is 70.5 Å². The lowest BCUT2D eigenvalue weighted by molar-refractivity contribution is 0.410. The molecule has 200 valence electrons. The number of benzene rings is 2. The number of rotatable bonds is 6. The minimum absolute atomic E-state index is 0.0552. The average Bonchev–Trinajstić information content (AvgIpc) is 2.89. The summed E-state index contributed by atoms with van der Waals surface area (Å²) in [6.45, 7) is 3.97. The summed E-state index contributed by atoms with van der Waals surface area (Å²) in [6.07, 6.45) is 10.2. The lowest BCUT2D eigenvalue weighted by Crippen LogP contribution is -2.41. The largest absolute Gasteiger partial charge is 0.360 e. The zero-order valence-electron chi connectivity index (χ0n) is 21.4. The van der Waals surface area contributed by atoms with Gasteiger partial charge in [0.05, 0.1) is 10.5 Å². The van der Waals surface area contributed by atoms with Crippen molar-refractivity contribution in [1.29, 1.82) is 0 Å². The summed E-state index contributed by atoms with van der Waals surface area (Å²) in [5.41, 5.74) is 9.03. The third kappa shape index (κ3) is 5.13. The molecule has 38 heavy (non-hydrogen) atoms. The van der Waals surface area contributed by atoms with Crippen LogP contribution in [0, 0.1) is 0 Å². The number of aryl methyl sites for hydroxylation is 1. The van der Waals surface area contributed by atoms with E-state index in [1.165, 1.54) is 12.1 Å². The molecule has 1 fully saturated rings. The number of hydrogen-bond donors (Lipinski definition) is 4. The summed E-state index contributed by atoms with van der Waals surface area (Å²) in [7, 11) is -4.04. The second-order valence-electron chi connectivity index (χ2n) is 10.0. The zero-order chi connectivity index (χ0) is 27.1. The molecule has 0 amide bonds. The van der Waals surface area contributed by atoms with Crippen molar-refractivity contribution in [3.63, 3.8) is 0 Å². The van der Waals surface area contributed by atoms with Crippen LogP contribution in [0.2, 0.25) is 5.02 Å². The highest BCUT2D eigenvalue weighted by atomic mass is 35.5. The average molecular weight is 554 g/mol. The van der Waals surface area contributed by atoms with Gasteiger partial charge in [-0.1, -0.05) is 24.6 Å². The van der Waals surface area contributed by atoms with E-state index in [1.807, 2.05) is 31.5 Å². The Hall–Kier alpha value is -3.05. The molecular weight excluding hydrogens is 522 g/mol. The van der Waals surface area contributed by atoms with Crippen LogP contribution in [-0.4, -0.2) is 36.2 Å². The third-order valence-corrected chi connectivity index (χ3v) is 8.67. The third-order valence-electron chi connectivity index (χ3n) is 7.28. The summed E-state index contributed by atoms with van der Waals surface area (Å²) in [6, 6.07) is 9.42. The van der Waals surface area contributed by atoms with Crippen LogP contribution in [0.3, 0.4) is 0 Å². The maximum absolute atomic E-state index is 12.3. The molecular formula is C27H32ClN7O2S. The quantitative estimate of drug-likeness (QED) is 0.361. The van der Waals surface area contributed by atoms with E-state index in [0.29, 0.717) is 17.6 Å². The number of aliphatic imine (C=N–C) groups is 1. The molecule has 1 aliphatic heterocycles. The Bertz CT molecular complexity index is 1550. The topological polar surface area (TPSA) is 148 Å². The van der Waals surface area contributed by atoms with Crippen LogP contribution in [0.15, 0.2) is 58.7 Å². The SMILES string of the molecule is CCc1cc(C2(c3ccc(Cl)c(S(N)(=O)=O)c3)N=C(C)C=CN2)cc2cnc(NC3CCC(N)CC3)nc12. The number of hydrogen-bond acceptors (Lipinski definition) is 8. The van der Waals surface area contributed by atoms with Gasteiger partial charge in [0.1, 0.15) is 4.90 Å². The van der Waals surface area contributed by atoms with Crippen molar-refractivity contribution in [2.75, 3.05) is 5.32 Å². The van der Waals surface area contributed by atoms with Crippen molar-refractivity contribution in [2.45, 2.75) is 68.6 Å². The van der Waals surface area contributed by atoms with Gasteiger partial charge in [0.2, 0.25) is 16.0 Å². The second-order valence-corrected chi connectivity index (χ2v) is 11.9. The number of halogens is 1. The summed E-state index contributed by atoms with van der Waals surface area (Å²) < 4.78 is 24.5. The molecule has 11 heteroatoms. The second kappa shape index (κ2) is 10.3. The Morgan fingerprint density at radius 3 is 2.61 bits per heavy atom. The van der Waals surface area contributed by atoms with Crippen LogP contribution in [0.5, 0.6) is 0 Å². The number of fused-ring (bicyclic) bond motifs is 1. The molecule has 3 aromatic rings.